The molecule has 0 aliphatic carbocycles. The van der Waals surface area contributed by atoms with E-state index in [1.54, 1.807) is 19.2 Å². The maximum atomic E-state index is 13.0. The van der Waals surface area contributed by atoms with Crippen molar-refractivity contribution in [1.29, 1.82) is 0 Å². The monoisotopic (exact) mass is 464 g/mol. The van der Waals surface area contributed by atoms with Crippen LogP contribution in [-0.2, 0) is 0 Å². The first-order valence-electron chi connectivity index (χ1n) is 10.8. The second kappa shape index (κ2) is 11.5. The van der Waals surface area contributed by atoms with Crippen molar-refractivity contribution in [2.24, 2.45) is 0 Å². The van der Waals surface area contributed by atoms with Crippen LogP contribution in [-0.4, -0.2) is 50.7 Å². The molecule has 1 heterocycles. The Morgan fingerprint density at radius 1 is 1.00 bits per heavy atom. The largest absolute Gasteiger partial charge is 0.495 e. The Hall–Kier alpha value is -2.11. The standard InChI is InChI=1S/C24H30Cl2N2O3/c1-3-4-5-8-15-31-23-19(25)16-18(17-20(23)26)24(29)28-13-11-27(12-14-28)21-9-6-7-10-22(21)30-2/h6-7,9-10,16-17H,3-5,8,11-15H2,1-2H3. The molecule has 0 saturated carbocycles. The summed E-state index contributed by atoms with van der Waals surface area (Å²) in [5, 5.41) is 0.748. The molecule has 7 heteroatoms. The summed E-state index contributed by atoms with van der Waals surface area (Å²) in [4.78, 5) is 17.1. The highest BCUT2D eigenvalue weighted by Gasteiger charge is 2.25. The van der Waals surface area contributed by atoms with Crippen LogP contribution in [0.4, 0.5) is 5.69 Å². The Labute approximate surface area is 194 Å². The number of hydrogen-bond donors (Lipinski definition) is 0. The molecule has 2 aromatic carbocycles. The van der Waals surface area contributed by atoms with Gasteiger partial charge in [-0.05, 0) is 30.7 Å². The van der Waals surface area contributed by atoms with E-state index < -0.39 is 0 Å². The summed E-state index contributed by atoms with van der Waals surface area (Å²) in [6.07, 6.45) is 4.43. The van der Waals surface area contributed by atoms with Gasteiger partial charge in [0.1, 0.15) is 5.75 Å². The summed E-state index contributed by atoms with van der Waals surface area (Å²) in [7, 11) is 1.67. The molecule has 0 N–H and O–H groups in total. The van der Waals surface area contributed by atoms with Crippen molar-refractivity contribution in [2.75, 3.05) is 44.8 Å². The Morgan fingerprint density at radius 2 is 1.68 bits per heavy atom. The van der Waals surface area contributed by atoms with Crippen molar-refractivity contribution in [1.82, 2.24) is 4.90 Å². The van der Waals surface area contributed by atoms with Crippen LogP contribution in [0, 0.1) is 0 Å². The fraction of sp³-hybridized carbons (Fsp3) is 0.458. The molecule has 1 fully saturated rings. The van der Waals surface area contributed by atoms with E-state index in [-0.39, 0.29) is 5.91 Å². The normalized spacial score (nSPS) is 13.9. The quantitative estimate of drug-likeness (QED) is 0.431. The molecular weight excluding hydrogens is 435 g/mol. The van der Waals surface area contributed by atoms with Crippen LogP contribution in [0.25, 0.3) is 0 Å². The fourth-order valence-electron chi connectivity index (χ4n) is 3.75. The Balaban J connectivity index is 1.60. The number of nitrogens with zero attached hydrogens (tertiary/aromatic N) is 2. The van der Waals surface area contributed by atoms with Crippen LogP contribution in [0.15, 0.2) is 36.4 Å². The molecule has 2 aromatic rings. The predicted octanol–water partition coefficient (Wildman–Crippen LogP) is 5.92. The molecule has 168 valence electrons. The van der Waals surface area contributed by atoms with Crippen molar-refractivity contribution in [3.63, 3.8) is 0 Å². The fourth-order valence-corrected chi connectivity index (χ4v) is 4.34. The molecule has 5 nitrogen and oxygen atoms in total. The number of piperazine rings is 1. The zero-order valence-corrected chi connectivity index (χ0v) is 19.7. The third kappa shape index (κ3) is 5.98. The zero-order valence-electron chi connectivity index (χ0n) is 18.2. The van der Waals surface area contributed by atoms with Crippen LogP contribution >= 0.6 is 23.2 Å². The number of methoxy groups -OCH3 is 1. The van der Waals surface area contributed by atoms with E-state index >= 15 is 0 Å². The summed E-state index contributed by atoms with van der Waals surface area (Å²) < 4.78 is 11.2. The molecule has 3 rings (SSSR count). The summed E-state index contributed by atoms with van der Waals surface area (Å²) in [6.45, 7) is 5.42. The molecule has 0 spiro atoms. The molecule has 1 amide bonds. The van der Waals surface area contributed by atoms with Crippen LogP contribution < -0.4 is 14.4 Å². The highest BCUT2D eigenvalue weighted by Crippen LogP contribution is 2.35. The van der Waals surface area contributed by atoms with Crippen LogP contribution in [0.2, 0.25) is 10.0 Å². The Morgan fingerprint density at radius 3 is 2.32 bits per heavy atom. The molecule has 0 bridgehead atoms. The number of ether oxygens (including phenoxy) is 2. The number of benzene rings is 2. The van der Waals surface area contributed by atoms with Gasteiger partial charge in [0, 0.05) is 31.7 Å². The van der Waals surface area contributed by atoms with E-state index in [9.17, 15) is 4.79 Å². The molecule has 0 unspecified atom stereocenters. The molecule has 0 aromatic heterocycles. The summed E-state index contributed by atoms with van der Waals surface area (Å²) in [5.74, 6) is 1.22. The van der Waals surface area contributed by atoms with E-state index in [1.165, 1.54) is 12.8 Å². The minimum absolute atomic E-state index is 0.0713. The van der Waals surface area contributed by atoms with Crippen molar-refractivity contribution in [3.8, 4) is 11.5 Å². The van der Waals surface area contributed by atoms with Gasteiger partial charge in [0.05, 0.1) is 29.4 Å². The summed E-state index contributed by atoms with van der Waals surface area (Å²) in [5.41, 5.74) is 1.53. The van der Waals surface area contributed by atoms with E-state index in [4.69, 9.17) is 32.7 Å². The minimum Gasteiger partial charge on any atom is -0.495 e. The van der Waals surface area contributed by atoms with Gasteiger partial charge >= 0.3 is 0 Å². The number of carbonyl (C=O) groups excluding carboxylic acids is 1. The van der Waals surface area contributed by atoms with Crippen molar-refractivity contribution in [2.45, 2.75) is 32.6 Å². The number of hydrogen-bond acceptors (Lipinski definition) is 4. The van der Waals surface area contributed by atoms with Gasteiger partial charge in [-0.15, -0.1) is 0 Å². The lowest BCUT2D eigenvalue weighted by atomic mass is 10.1. The maximum Gasteiger partial charge on any atom is 0.254 e. The van der Waals surface area contributed by atoms with Crippen molar-refractivity contribution < 1.29 is 14.3 Å². The zero-order chi connectivity index (χ0) is 22.2. The average molecular weight is 465 g/mol. The third-order valence-electron chi connectivity index (χ3n) is 5.48. The minimum atomic E-state index is -0.0713. The van der Waals surface area contributed by atoms with Gasteiger partial charge < -0.3 is 19.3 Å². The Kier molecular flexibility index (Phi) is 8.73. The lowest BCUT2D eigenvalue weighted by molar-refractivity contribution is 0.0746. The van der Waals surface area contributed by atoms with Crippen LogP contribution in [0.1, 0.15) is 43.0 Å². The first-order chi connectivity index (χ1) is 15.0. The van der Waals surface area contributed by atoms with Gasteiger partial charge in [0.15, 0.2) is 5.75 Å². The molecular formula is C24H30Cl2N2O3. The van der Waals surface area contributed by atoms with Gasteiger partial charge in [-0.1, -0.05) is 61.5 Å². The molecule has 1 aliphatic heterocycles. The van der Waals surface area contributed by atoms with Crippen LogP contribution in [0.3, 0.4) is 0 Å². The van der Waals surface area contributed by atoms with Gasteiger partial charge in [0.25, 0.3) is 5.91 Å². The van der Waals surface area contributed by atoms with Crippen molar-refractivity contribution in [3.05, 3.63) is 52.0 Å². The predicted molar refractivity (Wildman–Crippen MR) is 127 cm³/mol. The number of para-hydroxylation sites is 2. The lowest BCUT2D eigenvalue weighted by Gasteiger charge is -2.36. The lowest BCUT2D eigenvalue weighted by Crippen LogP contribution is -2.48. The number of amides is 1. The van der Waals surface area contributed by atoms with E-state index in [1.807, 2.05) is 29.2 Å². The highest BCUT2D eigenvalue weighted by molar-refractivity contribution is 6.37. The first kappa shape index (κ1) is 23.6. The smallest absolute Gasteiger partial charge is 0.254 e. The number of carbonyl (C=O) groups is 1. The number of rotatable bonds is 9. The second-order valence-corrected chi connectivity index (χ2v) is 8.44. The summed E-state index contributed by atoms with van der Waals surface area (Å²) in [6, 6.07) is 11.2. The van der Waals surface area contributed by atoms with E-state index in [0.29, 0.717) is 41.1 Å². The molecule has 1 saturated heterocycles. The van der Waals surface area contributed by atoms with Gasteiger partial charge in [-0.3, -0.25) is 4.79 Å². The van der Waals surface area contributed by atoms with Gasteiger partial charge in [-0.25, -0.2) is 0 Å². The second-order valence-electron chi connectivity index (χ2n) is 7.63. The third-order valence-corrected chi connectivity index (χ3v) is 6.04. The molecule has 0 atom stereocenters. The SMILES string of the molecule is CCCCCCOc1c(Cl)cc(C(=O)N2CCN(c3ccccc3OC)CC2)cc1Cl. The molecule has 31 heavy (non-hydrogen) atoms. The molecule has 1 aliphatic rings. The van der Waals surface area contributed by atoms with Crippen LogP contribution in [0.5, 0.6) is 11.5 Å². The maximum absolute atomic E-state index is 13.0. The summed E-state index contributed by atoms with van der Waals surface area (Å²) >= 11 is 12.8. The van der Waals surface area contributed by atoms with E-state index in [0.717, 1.165) is 37.4 Å². The van der Waals surface area contributed by atoms with E-state index in [2.05, 4.69) is 11.8 Å². The average Bonchev–Trinajstić information content (AvgIpc) is 2.80. The Bertz CT molecular complexity index is 860. The molecule has 0 radical (unpaired) electrons. The van der Waals surface area contributed by atoms with Gasteiger partial charge in [0.2, 0.25) is 0 Å². The van der Waals surface area contributed by atoms with Crippen molar-refractivity contribution >= 4 is 34.8 Å². The number of anilines is 1. The number of unbranched alkanes of at least 4 members (excludes halogenated alkanes) is 3. The number of halogens is 2. The first-order valence-corrected chi connectivity index (χ1v) is 11.6. The topological polar surface area (TPSA) is 42.0 Å². The van der Waals surface area contributed by atoms with Gasteiger partial charge in [-0.2, -0.15) is 0 Å². The highest BCUT2D eigenvalue weighted by atomic mass is 35.5.